The number of morpholine rings is 1. The van der Waals surface area contributed by atoms with Crippen LogP contribution in [0.3, 0.4) is 0 Å². The van der Waals surface area contributed by atoms with Crippen molar-refractivity contribution in [2.75, 3.05) is 38.7 Å². The fourth-order valence-corrected chi connectivity index (χ4v) is 4.41. The summed E-state index contributed by atoms with van der Waals surface area (Å²) in [6.07, 6.45) is 0. The van der Waals surface area contributed by atoms with E-state index in [1.807, 2.05) is 0 Å². The first kappa shape index (κ1) is 20.2. The zero-order valence-electron chi connectivity index (χ0n) is 15.6. The van der Waals surface area contributed by atoms with Crippen LogP contribution in [0.1, 0.15) is 15.9 Å². The fraction of sp³-hybridized carbons (Fsp3) is 0.316. The van der Waals surface area contributed by atoms with E-state index >= 15 is 0 Å². The number of hydrogen-bond donors (Lipinski definition) is 1. The van der Waals surface area contributed by atoms with E-state index in [0.717, 1.165) is 0 Å². The van der Waals surface area contributed by atoms with E-state index in [2.05, 4.69) is 5.32 Å². The summed E-state index contributed by atoms with van der Waals surface area (Å²) in [5.41, 5.74) is 0.858. The number of aryl methyl sites for hydroxylation is 1. The van der Waals surface area contributed by atoms with Gasteiger partial charge >= 0.3 is 0 Å². The van der Waals surface area contributed by atoms with E-state index in [-0.39, 0.29) is 35.0 Å². The number of amides is 1. The fourth-order valence-electron chi connectivity index (χ4n) is 2.82. The van der Waals surface area contributed by atoms with Crippen molar-refractivity contribution < 1.29 is 27.1 Å². The highest BCUT2D eigenvalue weighted by molar-refractivity contribution is 7.89. The molecule has 7 nitrogen and oxygen atoms in total. The minimum Gasteiger partial charge on any atom is -0.495 e. The van der Waals surface area contributed by atoms with Crippen molar-refractivity contribution in [1.29, 1.82) is 0 Å². The molecule has 1 saturated heterocycles. The average Bonchev–Trinajstić information content (AvgIpc) is 2.71. The highest BCUT2D eigenvalue weighted by Gasteiger charge is 2.30. The van der Waals surface area contributed by atoms with Gasteiger partial charge in [-0.2, -0.15) is 4.31 Å². The summed E-state index contributed by atoms with van der Waals surface area (Å²) in [4.78, 5) is 12.5. The molecular formula is C19H21FN2O5S. The van der Waals surface area contributed by atoms with Gasteiger partial charge in [-0.05, 0) is 42.8 Å². The predicted molar refractivity (Wildman–Crippen MR) is 102 cm³/mol. The molecule has 0 spiro atoms. The molecule has 1 aliphatic heterocycles. The molecular weight excluding hydrogens is 387 g/mol. The van der Waals surface area contributed by atoms with Crippen molar-refractivity contribution in [2.24, 2.45) is 0 Å². The number of hydrogen-bond acceptors (Lipinski definition) is 5. The molecule has 28 heavy (non-hydrogen) atoms. The molecule has 0 radical (unpaired) electrons. The lowest BCUT2D eigenvalue weighted by atomic mass is 10.2. The van der Waals surface area contributed by atoms with Crippen LogP contribution in [0.2, 0.25) is 0 Å². The molecule has 2 aromatic rings. The van der Waals surface area contributed by atoms with Gasteiger partial charge in [0.05, 0.1) is 20.3 Å². The Morgan fingerprint density at radius 1 is 1.18 bits per heavy atom. The molecule has 2 aromatic carbocycles. The van der Waals surface area contributed by atoms with Crippen LogP contribution in [-0.2, 0) is 14.8 Å². The smallest absolute Gasteiger partial charge is 0.255 e. The molecule has 1 aliphatic rings. The van der Waals surface area contributed by atoms with Crippen LogP contribution in [0.25, 0.3) is 0 Å². The Bertz CT molecular complexity index is 988. The Morgan fingerprint density at radius 3 is 2.54 bits per heavy atom. The van der Waals surface area contributed by atoms with E-state index in [9.17, 15) is 17.6 Å². The minimum absolute atomic E-state index is 0.0976. The van der Waals surface area contributed by atoms with Crippen LogP contribution in [-0.4, -0.2) is 52.0 Å². The normalized spacial score (nSPS) is 15.2. The van der Waals surface area contributed by atoms with E-state index in [0.29, 0.717) is 18.8 Å². The monoisotopic (exact) mass is 408 g/mol. The van der Waals surface area contributed by atoms with Crippen molar-refractivity contribution in [3.8, 4) is 5.75 Å². The number of sulfonamides is 1. The maximum Gasteiger partial charge on any atom is 0.255 e. The second-order valence-corrected chi connectivity index (χ2v) is 8.21. The van der Waals surface area contributed by atoms with Gasteiger partial charge in [0.1, 0.15) is 16.5 Å². The number of nitrogens with zero attached hydrogens (tertiary/aromatic N) is 1. The number of rotatable bonds is 5. The van der Waals surface area contributed by atoms with Gasteiger partial charge in [0, 0.05) is 24.3 Å². The number of halogens is 1. The van der Waals surface area contributed by atoms with Crippen molar-refractivity contribution in [2.45, 2.75) is 11.8 Å². The second-order valence-electron chi connectivity index (χ2n) is 6.30. The maximum absolute atomic E-state index is 13.7. The number of carbonyl (C=O) groups excluding carboxylic acids is 1. The Morgan fingerprint density at radius 2 is 1.89 bits per heavy atom. The molecule has 0 aromatic heterocycles. The topological polar surface area (TPSA) is 84.9 Å². The van der Waals surface area contributed by atoms with Crippen LogP contribution < -0.4 is 10.1 Å². The summed E-state index contributed by atoms with van der Waals surface area (Å²) in [7, 11) is -2.49. The third-order valence-corrected chi connectivity index (χ3v) is 6.36. The lowest BCUT2D eigenvalue weighted by Crippen LogP contribution is -2.40. The molecule has 9 heteroatoms. The maximum atomic E-state index is 13.7. The highest BCUT2D eigenvalue weighted by atomic mass is 32.2. The van der Waals surface area contributed by atoms with Crippen LogP contribution in [0.5, 0.6) is 5.75 Å². The summed E-state index contributed by atoms with van der Waals surface area (Å²) >= 11 is 0. The van der Waals surface area contributed by atoms with Gasteiger partial charge in [0.15, 0.2) is 0 Å². The summed E-state index contributed by atoms with van der Waals surface area (Å²) in [5, 5.41) is 2.57. The van der Waals surface area contributed by atoms with Gasteiger partial charge in [-0.25, -0.2) is 12.8 Å². The van der Waals surface area contributed by atoms with Gasteiger partial charge in [0.2, 0.25) is 10.0 Å². The van der Waals surface area contributed by atoms with E-state index in [4.69, 9.17) is 9.47 Å². The Labute approximate surface area is 163 Å². The second kappa shape index (κ2) is 8.26. The number of methoxy groups -OCH3 is 1. The largest absolute Gasteiger partial charge is 0.495 e. The first-order valence-corrected chi connectivity index (χ1v) is 10.1. The highest BCUT2D eigenvalue weighted by Crippen LogP contribution is 2.29. The van der Waals surface area contributed by atoms with Gasteiger partial charge < -0.3 is 14.8 Å². The van der Waals surface area contributed by atoms with Gasteiger partial charge in [-0.15, -0.1) is 0 Å². The summed E-state index contributed by atoms with van der Waals surface area (Å²) in [5.74, 6) is -0.850. The molecule has 3 rings (SSSR count). The van der Waals surface area contributed by atoms with E-state index < -0.39 is 21.7 Å². The zero-order chi connectivity index (χ0) is 20.3. The Hall–Kier alpha value is -2.49. The van der Waals surface area contributed by atoms with Crippen LogP contribution in [0, 0.1) is 12.7 Å². The average molecular weight is 408 g/mol. The molecule has 0 saturated carbocycles. The van der Waals surface area contributed by atoms with Crippen molar-refractivity contribution in [3.63, 3.8) is 0 Å². The van der Waals surface area contributed by atoms with Gasteiger partial charge in [-0.1, -0.05) is 6.07 Å². The SMILES string of the molecule is COc1ccc(C(=O)Nc2ccc(C)c(F)c2)cc1S(=O)(=O)N1CCOCC1. The van der Waals surface area contributed by atoms with Gasteiger partial charge in [-0.3, -0.25) is 4.79 Å². The molecule has 1 amide bonds. The predicted octanol–water partition coefficient (Wildman–Crippen LogP) is 2.42. The number of benzene rings is 2. The minimum atomic E-state index is -3.86. The van der Waals surface area contributed by atoms with Crippen LogP contribution >= 0.6 is 0 Å². The van der Waals surface area contributed by atoms with Crippen LogP contribution in [0.4, 0.5) is 10.1 Å². The van der Waals surface area contributed by atoms with E-state index in [1.54, 1.807) is 19.1 Å². The first-order valence-electron chi connectivity index (χ1n) is 8.66. The molecule has 0 atom stereocenters. The molecule has 0 bridgehead atoms. The quantitative estimate of drug-likeness (QED) is 0.821. The number of ether oxygens (including phenoxy) is 2. The molecule has 150 valence electrons. The van der Waals surface area contributed by atoms with Crippen molar-refractivity contribution in [1.82, 2.24) is 4.31 Å². The lowest BCUT2D eigenvalue weighted by molar-refractivity contribution is 0.0729. The lowest BCUT2D eigenvalue weighted by Gasteiger charge is -2.26. The first-order chi connectivity index (χ1) is 13.3. The summed E-state index contributed by atoms with van der Waals surface area (Å²) < 4.78 is 51.4. The molecule has 1 heterocycles. The molecule has 1 fully saturated rings. The van der Waals surface area contributed by atoms with Crippen LogP contribution in [0.15, 0.2) is 41.3 Å². The summed E-state index contributed by atoms with van der Waals surface area (Å²) in [6, 6.07) is 8.49. The summed E-state index contributed by atoms with van der Waals surface area (Å²) in [6.45, 7) is 2.68. The third kappa shape index (κ3) is 4.16. The Kier molecular flexibility index (Phi) is 5.97. The standard InChI is InChI=1S/C19H21FN2O5S/c1-13-3-5-15(12-16(13)20)21-19(23)14-4-6-17(26-2)18(11-14)28(24,25)22-7-9-27-10-8-22/h3-6,11-12H,7-10H2,1-2H3,(H,21,23). The molecule has 0 aliphatic carbocycles. The third-order valence-electron chi connectivity index (χ3n) is 4.44. The van der Waals surface area contributed by atoms with Crippen molar-refractivity contribution >= 4 is 21.6 Å². The zero-order valence-corrected chi connectivity index (χ0v) is 16.4. The van der Waals surface area contributed by atoms with Crippen molar-refractivity contribution in [3.05, 3.63) is 53.3 Å². The molecule has 1 N–H and O–H groups in total. The number of anilines is 1. The number of nitrogens with one attached hydrogen (secondary N) is 1. The Balaban J connectivity index is 1.91. The van der Waals surface area contributed by atoms with E-state index in [1.165, 1.54) is 35.7 Å². The number of carbonyl (C=O) groups is 1. The van der Waals surface area contributed by atoms with Gasteiger partial charge in [0.25, 0.3) is 5.91 Å². The molecule has 0 unspecified atom stereocenters.